The van der Waals surface area contributed by atoms with Crippen molar-refractivity contribution in [1.82, 2.24) is 5.32 Å². The van der Waals surface area contributed by atoms with E-state index in [1.165, 1.54) is 0 Å². The lowest BCUT2D eigenvalue weighted by Crippen LogP contribution is -2.31. The molecule has 0 heterocycles. The first kappa shape index (κ1) is 12.4. The van der Waals surface area contributed by atoms with E-state index in [4.69, 9.17) is 5.90 Å². The molecule has 0 aliphatic heterocycles. The maximum atomic E-state index is 11.4. The summed E-state index contributed by atoms with van der Waals surface area (Å²) < 4.78 is 0. The van der Waals surface area contributed by atoms with E-state index in [0.717, 1.165) is 19.3 Å². The molecule has 0 aromatic rings. The van der Waals surface area contributed by atoms with Crippen LogP contribution in [0.2, 0.25) is 0 Å². The van der Waals surface area contributed by atoms with E-state index in [-0.39, 0.29) is 11.8 Å². The fraction of sp³-hybridized carbons (Fsp3) is 0.889. The zero-order chi connectivity index (χ0) is 10.1. The topological polar surface area (TPSA) is 64.3 Å². The van der Waals surface area contributed by atoms with Gasteiger partial charge in [0.15, 0.2) is 0 Å². The van der Waals surface area contributed by atoms with Crippen LogP contribution in [0.4, 0.5) is 0 Å². The van der Waals surface area contributed by atoms with Crippen LogP contribution in [-0.2, 0) is 9.63 Å². The summed E-state index contributed by atoms with van der Waals surface area (Å²) in [5.41, 5.74) is 0. The van der Waals surface area contributed by atoms with Gasteiger partial charge in [-0.1, -0.05) is 13.8 Å². The van der Waals surface area contributed by atoms with E-state index < -0.39 is 0 Å². The van der Waals surface area contributed by atoms with Gasteiger partial charge < -0.3 is 10.2 Å². The smallest absolute Gasteiger partial charge is 0.223 e. The first-order valence-corrected chi connectivity index (χ1v) is 4.85. The fourth-order valence-corrected chi connectivity index (χ4v) is 1.17. The van der Waals surface area contributed by atoms with Gasteiger partial charge in [0.05, 0.1) is 6.61 Å². The second-order valence-electron chi connectivity index (χ2n) is 3.03. The van der Waals surface area contributed by atoms with Gasteiger partial charge in [0, 0.05) is 12.5 Å². The Kier molecular flexibility index (Phi) is 7.63. The van der Waals surface area contributed by atoms with Crippen molar-refractivity contribution < 1.29 is 9.63 Å². The molecule has 0 aliphatic carbocycles. The van der Waals surface area contributed by atoms with Crippen LogP contribution in [-0.4, -0.2) is 19.1 Å². The van der Waals surface area contributed by atoms with Gasteiger partial charge in [-0.15, -0.1) is 0 Å². The molecule has 0 bridgehead atoms. The molecule has 4 heteroatoms. The molecule has 0 radical (unpaired) electrons. The van der Waals surface area contributed by atoms with Crippen molar-refractivity contribution in [2.24, 2.45) is 11.8 Å². The molecule has 1 amide bonds. The van der Waals surface area contributed by atoms with Crippen molar-refractivity contribution in [3.63, 3.8) is 0 Å². The first-order valence-electron chi connectivity index (χ1n) is 4.85. The number of rotatable bonds is 7. The Bertz CT molecular complexity index is 136. The summed E-state index contributed by atoms with van der Waals surface area (Å²) in [7, 11) is 0. The largest absolute Gasteiger partial charge is 0.356 e. The summed E-state index contributed by atoms with van der Waals surface area (Å²) >= 11 is 0. The maximum Gasteiger partial charge on any atom is 0.223 e. The Balaban J connectivity index is 3.48. The van der Waals surface area contributed by atoms with Crippen LogP contribution in [0.1, 0.15) is 33.1 Å². The highest BCUT2D eigenvalue weighted by molar-refractivity contribution is 5.78. The highest BCUT2D eigenvalue weighted by Gasteiger charge is 2.12. The summed E-state index contributed by atoms with van der Waals surface area (Å²) in [6.07, 6.45) is 2.56. The molecule has 0 aromatic heterocycles. The summed E-state index contributed by atoms with van der Waals surface area (Å²) in [6, 6.07) is 0. The van der Waals surface area contributed by atoms with Gasteiger partial charge in [-0.2, -0.15) is 0 Å². The lowest BCUT2D eigenvalue weighted by atomic mass is 10.0. The summed E-state index contributed by atoms with van der Waals surface area (Å²) in [6.45, 7) is 5.18. The van der Waals surface area contributed by atoms with Crippen LogP contribution in [0.15, 0.2) is 0 Å². The molecule has 0 atom stereocenters. The Hall–Kier alpha value is -0.610. The zero-order valence-corrected chi connectivity index (χ0v) is 8.51. The third-order valence-corrected chi connectivity index (χ3v) is 2.09. The number of amides is 1. The molecule has 0 saturated heterocycles. The lowest BCUT2D eigenvalue weighted by molar-refractivity contribution is -0.125. The molecule has 13 heavy (non-hydrogen) atoms. The van der Waals surface area contributed by atoms with Gasteiger partial charge in [-0.05, 0) is 19.3 Å². The average molecular weight is 188 g/mol. The summed E-state index contributed by atoms with van der Waals surface area (Å²) in [5.74, 6) is 5.14. The molecular formula is C9H20N2O2. The molecule has 0 fully saturated rings. The van der Waals surface area contributed by atoms with Crippen molar-refractivity contribution >= 4 is 5.91 Å². The van der Waals surface area contributed by atoms with Gasteiger partial charge in [0.25, 0.3) is 0 Å². The molecule has 4 nitrogen and oxygen atoms in total. The monoisotopic (exact) mass is 188 g/mol. The number of hydrogen-bond acceptors (Lipinski definition) is 3. The van der Waals surface area contributed by atoms with Crippen LogP contribution >= 0.6 is 0 Å². The van der Waals surface area contributed by atoms with Gasteiger partial charge in [-0.3, -0.25) is 4.79 Å². The standard InChI is InChI=1S/C9H20N2O2/c1-3-8(4-2)9(12)11-6-5-7-13-10/h8H,3-7,10H2,1-2H3,(H,11,12). The van der Waals surface area contributed by atoms with Crippen molar-refractivity contribution in [2.75, 3.05) is 13.2 Å². The molecule has 0 aromatic carbocycles. The Labute approximate surface area is 79.8 Å². The zero-order valence-electron chi connectivity index (χ0n) is 8.51. The highest BCUT2D eigenvalue weighted by Crippen LogP contribution is 2.06. The van der Waals surface area contributed by atoms with E-state index in [2.05, 4.69) is 10.2 Å². The molecule has 0 saturated carbocycles. The van der Waals surface area contributed by atoms with E-state index in [1.807, 2.05) is 13.8 Å². The van der Waals surface area contributed by atoms with E-state index >= 15 is 0 Å². The number of carbonyl (C=O) groups is 1. The molecule has 0 aliphatic rings. The van der Waals surface area contributed by atoms with Crippen molar-refractivity contribution in [2.45, 2.75) is 33.1 Å². The van der Waals surface area contributed by atoms with Crippen LogP contribution in [0.5, 0.6) is 0 Å². The van der Waals surface area contributed by atoms with Crippen molar-refractivity contribution in [3.05, 3.63) is 0 Å². The summed E-state index contributed by atoms with van der Waals surface area (Å²) in [4.78, 5) is 15.8. The van der Waals surface area contributed by atoms with Crippen LogP contribution in [0.25, 0.3) is 0 Å². The molecule has 3 N–H and O–H groups in total. The van der Waals surface area contributed by atoms with Gasteiger partial charge in [-0.25, -0.2) is 5.90 Å². The molecular weight excluding hydrogens is 168 g/mol. The maximum absolute atomic E-state index is 11.4. The van der Waals surface area contributed by atoms with E-state index in [1.54, 1.807) is 0 Å². The van der Waals surface area contributed by atoms with Crippen molar-refractivity contribution in [1.29, 1.82) is 0 Å². The SMILES string of the molecule is CCC(CC)C(=O)NCCCON. The van der Waals surface area contributed by atoms with E-state index in [9.17, 15) is 4.79 Å². The molecule has 0 unspecified atom stereocenters. The molecule has 0 spiro atoms. The minimum Gasteiger partial charge on any atom is -0.356 e. The lowest BCUT2D eigenvalue weighted by Gasteiger charge is -2.12. The summed E-state index contributed by atoms with van der Waals surface area (Å²) in [5, 5.41) is 2.84. The minimum absolute atomic E-state index is 0.141. The normalized spacial score (nSPS) is 10.5. The fourth-order valence-electron chi connectivity index (χ4n) is 1.17. The second-order valence-corrected chi connectivity index (χ2v) is 3.03. The Morgan fingerprint density at radius 3 is 2.54 bits per heavy atom. The number of carbonyl (C=O) groups excluding carboxylic acids is 1. The highest BCUT2D eigenvalue weighted by atomic mass is 16.6. The van der Waals surface area contributed by atoms with E-state index in [0.29, 0.717) is 13.2 Å². The second kappa shape index (κ2) is 8.01. The molecule has 78 valence electrons. The predicted octanol–water partition coefficient (Wildman–Crippen LogP) is 0.819. The van der Waals surface area contributed by atoms with Crippen LogP contribution in [0, 0.1) is 5.92 Å². The Morgan fingerprint density at radius 1 is 1.46 bits per heavy atom. The molecule has 0 rings (SSSR count). The Morgan fingerprint density at radius 2 is 2.08 bits per heavy atom. The van der Waals surface area contributed by atoms with Crippen molar-refractivity contribution in [3.8, 4) is 0 Å². The number of hydrogen-bond donors (Lipinski definition) is 2. The van der Waals surface area contributed by atoms with Gasteiger partial charge in [0.2, 0.25) is 5.91 Å². The van der Waals surface area contributed by atoms with Crippen LogP contribution in [0.3, 0.4) is 0 Å². The van der Waals surface area contributed by atoms with Gasteiger partial charge in [0.1, 0.15) is 0 Å². The number of nitrogens with one attached hydrogen (secondary N) is 1. The quantitative estimate of drug-likeness (QED) is 0.459. The van der Waals surface area contributed by atoms with Crippen LogP contribution < -0.4 is 11.2 Å². The predicted molar refractivity (Wildman–Crippen MR) is 51.8 cm³/mol. The van der Waals surface area contributed by atoms with Gasteiger partial charge >= 0.3 is 0 Å². The third-order valence-electron chi connectivity index (χ3n) is 2.09. The number of nitrogens with two attached hydrogens (primary N) is 1. The average Bonchev–Trinajstić information content (AvgIpc) is 2.14. The first-order chi connectivity index (χ1) is 6.26. The third kappa shape index (κ3) is 5.60. The minimum atomic E-state index is 0.141.